The predicted octanol–water partition coefficient (Wildman–Crippen LogP) is 1.98. The first-order valence-corrected chi connectivity index (χ1v) is 6.81. The molecule has 0 aromatic heterocycles. The fourth-order valence-corrected chi connectivity index (χ4v) is 2.65. The van der Waals surface area contributed by atoms with E-state index < -0.39 is 6.04 Å². The summed E-state index contributed by atoms with van der Waals surface area (Å²) >= 11 is 5.89. The molecule has 2 N–H and O–H groups in total. The van der Waals surface area contributed by atoms with Gasteiger partial charge in [0.1, 0.15) is 6.04 Å². The fourth-order valence-electron chi connectivity index (χ4n) is 2.53. The molecule has 0 bridgehead atoms. The molecular weight excluding hydrogens is 264 g/mol. The predicted molar refractivity (Wildman–Crippen MR) is 75.0 cm³/mol. The maximum absolute atomic E-state index is 12.3. The topological polar surface area (TPSA) is 55.6 Å². The van der Waals surface area contributed by atoms with E-state index in [1.165, 1.54) is 0 Å². The number of hydrogen-bond donors (Lipinski definition) is 1. The summed E-state index contributed by atoms with van der Waals surface area (Å²) in [5, 5.41) is 0.704. The highest BCUT2D eigenvalue weighted by molar-refractivity contribution is 6.30. The zero-order valence-electron chi connectivity index (χ0n) is 11.0. The van der Waals surface area contributed by atoms with Crippen LogP contribution in [0.1, 0.15) is 24.4 Å². The minimum absolute atomic E-state index is 0.0423. The van der Waals surface area contributed by atoms with E-state index in [-0.39, 0.29) is 18.6 Å². The lowest BCUT2D eigenvalue weighted by molar-refractivity contribution is -0.134. The van der Waals surface area contributed by atoms with Crippen molar-refractivity contribution in [3.63, 3.8) is 0 Å². The van der Waals surface area contributed by atoms with Crippen LogP contribution in [0.4, 0.5) is 0 Å². The summed E-state index contributed by atoms with van der Waals surface area (Å²) in [6.07, 6.45) is 1.96. The maximum Gasteiger partial charge on any atom is 0.242 e. The van der Waals surface area contributed by atoms with Gasteiger partial charge in [-0.3, -0.25) is 4.79 Å². The smallest absolute Gasteiger partial charge is 0.242 e. The van der Waals surface area contributed by atoms with Gasteiger partial charge in [0.15, 0.2) is 0 Å². The van der Waals surface area contributed by atoms with E-state index in [1.54, 1.807) is 7.11 Å². The van der Waals surface area contributed by atoms with Gasteiger partial charge < -0.3 is 15.4 Å². The number of likely N-dealkylation sites (tertiary alicyclic amines) is 1. The van der Waals surface area contributed by atoms with Gasteiger partial charge in [-0.1, -0.05) is 23.7 Å². The SMILES string of the molecule is COCC(N)C(=O)N1CCCC1c1ccc(Cl)cc1. The molecule has 2 atom stereocenters. The van der Waals surface area contributed by atoms with Gasteiger partial charge >= 0.3 is 0 Å². The third-order valence-corrected chi connectivity index (χ3v) is 3.71. The Hall–Kier alpha value is -1.10. The zero-order valence-corrected chi connectivity index (χ0v) is 11.8. The van der Waals surface area contributed by atoms with Crippen LogP contribution in [0.2, 0.25) is 5.02 Å². The summed E-state index contributed by atoms with van der Waals surface area (Å²) in [5.41, 5.74) is 6.95. The first-order valence-electron chi connectivity index (χ1n) is 6.44. The lowest BCUT2D eigenvalue weighted by Gasteiger charge is -2.27. The molecule has 1 aromatic rings. The lowest BCUT2D eigenvalue weighted by atomic mass is 10.0. The molecule has 19 heavy (non-hydrogen) atoms. The number of ether oxygens (including phenoxy) is 1. The van der Waals surface area contributed by atoms with Crippen molar-refractivity contribution in [2.75, 3.05) is 20.3 Å². The van der Waals surface area contributed by atoms with Crippen LogP contribution in [-0.2, 0) is 9.53 Å². The van der Waals surface area contributed by atoms with Crippen LogP contribution in [-0.4, -0.2) is 37.1 Å². The number of amides is 1. The second-order valence-electron chi connectivity index (χ2n) is 4.80. The second kappa shape index (κ2) is 6.37. The highest BCUT2D eigenvalue weighted by atomic mass is 35.5. The van der Waals surface area contributed by atoms with Crippen molar-refractivity contribution in [1.82, 2.24) is 4.90 Å². The van der Waals surface area contributed by atoms with Gasteiger partial charge in [-0.05, 0) is 30.5 Å². The fraction of sp³-hybridized carbons (Fsp3) is 0.500. The first-order chi connectivity index (χ1) is 9.13. The molecule has 2 rings (SSSR count). The Bertz CT molecular complexity index is 436. The summed E-state index contributed by atoms with van der Waals surface area (Å²) in [6.45, 7) is 1.01. The van der Waals surface area contributed by atoms with Gasteiger partial charge in [-0.15, -0.1) is 0 Å². The van der Waals surface area contributed by atoms with Crippen LogP contribution in [0.15, 0.2) is 24.3 Å². The van der Waals surface area contributed by atoms with Crippen molar-refractivity contribution in [1.29, 1.82) is 0 Å². The van der Waals surface area contributed by atoms with E-state index >= 15 is 0 Å². The number of carbonyl (C=O) groups is 1. The normalized spacial score (nSPS) is 20.6. The van der Waals surface area contributed by atoms with E-state index in [1.807, 2.05) is 29.2 Å². The standard InChI is InChI=1S/C14H19ClN2O2/c1-19-9-12(16)14(18)17-8-2-3-13(17)10-4-6-11(15)7-5-10/h4-7,12-13H,2-3,8-9,16H2,1H3. The van der Waals surface area contributed by atoms with Crippen molar-refractivity contribution in [3.05, 3.63) is 34.9 Å². The summed E-state index contributed by atoms with van der Waals surface area (Å²) in [5.74, 6) is -0.0423. The molecule has 1 aromatic carbocycles. The monoisotopic (exact) mass is 282 g/mol. The minimum atomic E-state index is -0.585. The van der Waals surface area contributed by atoms with Gasteiger partial charge in [-0.25, -0.2) is 0 Å². The Morgan fingerprint density at radius 2 is 2.21 bits per heavy atom. The van der Waals surface area contributed by atoms with Crippen LogP contribution in [0, 0.1) is 0 Å². The molecule has 0 saturated carbocycles. The van der Waals surface area contributed by atoms with Gasteiger partial charge in [0, 0.05) is 18.7 Å². The first kappa shape index (κ1) is 14.3. The molecule has 1 amide bonds. The number of methoxy groups -OCH3 is 1. The molecule has 5 heteroatoms. The summed E-state index contributed by atoms with van der Waals surface area (Å²) in [7, 11) is 1.55. The van der Waals surface area contributed by atoms with E-state index in [4.69, 9.17) is 22.1 Å². The van der Waals surface area contributed by atoms with Gasteiger partial charge in [0.05, 0.1) is 12.6 Å². The Kier molecular flexibility index (Phi) is 4.80. The lowest BCUT2D eigenvalue weighted by Crippen LogP contribution is -2.45. The van der Waals surface area contributed by atoms with Crippen LogP contribution in [0.25, 0.3) is 0 Å². The van der Waals surface area contributed by atoms with E-state index in [9.17, 15) is 4.79 Å². The molecule has 1 saturated heterocycles. The van der Waals surface area contributed by atoms with Crippen LogP contribution in [0.5, 0.6) is 0 Å². The van der Waals surface area contributed by atoms with E-state index in [2.05, 4.69) is 0 Å². The van der Waals surface area contributed by atoms with E-state index in [0.29, 0.717) is 5.02 Å². The Morgan fingerprint density at radius 1 is 1.53 bits per heavy atom. The zero-order chi connectivity index (χ0) is 13.8. The number of benzene rings is 1. The molecule has 0 spiro atoms. The second-order valence-corrected chi connectivity index (χ2v) is 5.24. The largest absolute Gasteiger partial charge is 0.383 e. The van der Waals surface area contributed by atoms with Crippen molar-refractivity contribution in [2.24, 2.45) is 5.73 Å². The number of hydrogen-bond acceptors (Lipinski definition) is 3. The number of carbonyl (C=O) groups excluding carboxylic acids is 1. The van der Waals surface area contributed by atoms with Crippen LogP contribution >= 0.6 is 11.6 Å². The molecule has 1 aliphatic heterocycles. The maximum atomic E-state index is 12.3. The molecule has 0 radical (unpaired) electrons. The summed E-state index contributed by atoms with van der Waals surface area (Å²) in [4.78, 5) is 14.1. The number of nitrogens with two attached hydrogens (primary N) is 1. The van der Waals surface area contributed by atoms with Crippen LogP contribution < -0.4 is 5.73 Å². The Balaban J connectivity index is 2.12. The minimum Gasteiger partial charge on any atom is -0.383 e. The molecule has 104 valence electrons. The average molecular weight is 283 g/mol. The van der Waals surface area contributed by atoms with Crippen molar-refractivity contribution in [3.8, 4) is 0 Å². The number of halogens is 1. The highest BCUT2D eigenvalue weighted by Gasteiger charge is 2.32. The highest BCUT2D eigenvalue weighted by Crippen LogP contribution is 2.32. The van der Waals surface area contributed by atoms with Gasteiger partial charge in [0.2, 0.25) is 5.91 Å². The third-order valence-electron chi connectivity index (χ3n) is 3.45. The third kappa shape index (κ3) is 3.26. The average Bonchev–Trinajstić information content (AvgIpc) is 2.88. The number of rotatable bonds is 4. The van der Waals surface area contributed by atoms with Crippen molar-refractivity contribution in [2.45, 2.75) is 24.9 Å². The van der Waals surface area contributed by atoms with E-state index in [0.717, 1.165) is 24.9 Å². The molecular formula is C14H19ClN2O2. The van der Waals surface area contributed by atoms with Crippen molar-refractivity contribution >= 4 is 17.5 Å². The number of nitrogens with zero attached hydrogens (tertiary/aromatic N) is 1. The van der Waals surface area contributed by atoms with Crippen LogP contribution in [0.3, 0.4) is 0 Å². The molecule has 4 nitrogen and oxygen atoms in total. The molecule has 0 aliphatic carbocycles. The van der Waals surface area contributed by atoms with Gasteiger partial charge in [-0.2, -0.15) is 0 Å². The Morgan fingerprint density at radius 3 is 2.84 bits per heavy atom. The summed E-state index contributed by atoms with van der Waals surface area (Å²) in [6, 6.07) is 7.17. The quantitative estimate of drug-likeness (QED) is 0.919. The molecule has 1 aliphatic rings. The van der Waals surface area contributed by atoms with Crippen molar-refractivity contribution < 1.29 is 9.53 Å². The molecule has 1 heterocycles. The summed E-state index contributed by atoms with van der Waals surface area (Å²) < 4.78 is 4.95. The molecule has 1 fully saturated rings. The Labute approximate surface area is 118 Å². The van der Waals surface area contributed by atoms with Gasteiger partial charge in [0.25, 0.3) is 0 Å². The molecule has 2 unspecified atom stereocenters.